The van der Waals surface area contributed by atoms with Crippen molar-refractivity contribution in [1.82, 2.24) is 0 Å². The molecule has 0 bridgehead atoms. The van der Waals surface area contributed by atoms with Gasteiger partial charge in [-0.2, -0.15) is 23.5 Å². The normalized spacial score (nSPS) is 35.1. The zero-order chi connectivity index (χ0) is 13.5. The summed E-state index contributed by atoms with van der Waals surface area (Å²) >= 11 is 4.32. The van der Waals surface area contributed by atoms with E-state index in [-0.39, 0.29) is 0 Å². The predicted molar refractivity (Wildman–Crippen MR) is 89.4 cm³/mol. The molecule has 2 fully saturated rings. The van der Waals surface area contributed by atoms with Crippen LogP contribution in [0.2, 0.25) is 0 Å². The number of rotatable bonds is 8. The Morgan fingerprint density at radius 3 is 1.74 bits per heavy atom. The van der Waals surface area contributed by atoms with Gasteiger partial charge in [0.1, 0.15) is 0 Å². The monoisotopic (exact) mass is 302 g/mol. The van der Waals surface area contributed by atoms with Crippen LogP contribution in [0, 0.1) is 0 Å². The Bertz CT molecular complexity index is 223. The second-order valence-corrected chi connectivity index (χ2v) is 8.59. The van der Waals surface area contributed by atoms with Gasteiger partial charge in [0.2, 0.25) is 0 Å². The van der Waals surface area contributed by atoms with Crippen LogP contribution in [0.25, 0.3) is 0 Å². The molecule has 2 aliphatic rings. The van der Waals surface area contributed by atoms with E-state index in [1.165, 1.54) is 62.9 Å². The topological polar surface area (TPSA) is 9.23 Å². The molecule has 0 aromatic heterocycles. The molecule has 0 aliphatic carbocycles. The number of unbranched alkanes of at least 4 members (excludes halogenated alkanes) is 2. The molecule has 4 unspecified atom stereocenters. The van der Waals surface area contributed by atoms with Crippen LogP contribution in [-0.4, -0.2) is 34.2 Å². The molecule has 0 N–H and O–H groups in total. The van der Waals surface area contributed by atoms with Crippen LogP contribution in [0.1, 0.15) is 65.2 Å². The van der Waals surface area contributed by atoms with E-state index in [2.05, 4.69) is 37.4 Å². The van der Waals surface area contributed by atoms with Crippen molar-refractivity contribution >= 4 is 23.5 Å². The molecule has 19 heavy (non-hydrogen) atoms. The van der Waals surface area contributed by atoms with E-state index < -0.39 is 0 Å². The molecular formula is C16H30OS2. The van der Waals surface area contributed by atoms with Crippen LogP contribution in [-0.2, 0) is 4.74 Å². The Balaban J connectivity index is 1.78. The van der Waals surface area contributed by atoms with Gasteiger partial charge in [-0.1, -0.05) is 39.5 Å². The molecule has 2 aliphatic heterocycles. The van der Waals surface area contributed by atoms with E-state index in [0.717, 1.165) is 10.5 Å². The van der Waals surface area contributed by atoms with E-state index >= 15 is 0 Å². The molecule has 0 spiro atoms. The predicted octanol–water partition coefficient (Wildman–Crippen LogP) is 5.13. The number of hydrogen-bond donors (Lipinski definition) is 0. The SMILES string of the molecule is CCCCC1SCCC1OC1CCSC1CCCC. The average molecular weight is 303 g/mol. The van der Waals surface area contributed by atoms with Crippen molar-refractivity contribution in [2.75, 3.05) is 11.5 Å². The first-order valence-corrected chi connectivity index (χ1v) is 10.3. The minimum atomic E-state index is 0.560. The van der Waals surface area contributed by atoms with Gasteiger partial charge in [0.05, 0.1) is 12.2 Å². The van der Waals surface area contributed by atoms with Crippen LogP contribution >= 0.6 is 23.5 Å². The summed E-state index contributed by atoms with van der Waals surface area (Å²) < 4.78 is 6.55. The largest absolute Gasteiger partial charge is 0.373 e. The summed E-state index contributed by atoms with van der Waals surface area (Å²) in [5.41, 5.74) is 0. The fourth-order valence-corrected chi connectivity index (χ4v) is 5.98. The fourth-order valence-electron chi connectivity index (χ4n) is 3.14. The fraction of sp³-hybridized carbons (Fsp3) is 1.00. The van der Waals surface area contributed by atoms with E-state index in [1.807, 2.05) is 0 Å². The lowest BCUT2D eigenvalue weighted by Crippen LogP contribution is -2.31. The van der Waals surface area contributed by atoms with E-state index in [9.17, 15) is 0 Å². The minimum Gasteiger partial charge on any atom is -0.373 e. The highest BCUT2D eigenvalue weighted by atomic mass is 32.2. The standard InChI is InChI=1S/C16H30OS2/c1-3-5-7-15-13(9-11-18-15)17-14-10-12-19-16(14)8-6-4-2/h13-16H,3-12H2,1-2H3. The highest BCUT2D eigenvalue weighted by molar-refractivity contribution is 8.00. The first-order chi connectivity index (χ1) is 9.35. The molecule has 0 radical (unpaired) electrons. The Morgan fingerprint density at radius 1 is 0.842 bits per heavy atom. The van der Waals surface area contributed by atoms with Crippen LogP contribution in [0.15, 0.2) is 0 Å². The van der Waals surface area contributed by atoms with Crippen LogP contribution in [0.4, 0.5) is 0 Å². The van der Waals surface area contributed by atoms with Gasteiger partial charge in [0, 0.05) is 10.5 Å². The zero-order valence-corrected chi connectivity index (χ0v) is 14.2. The lowest BCUT2D eigenvalue weighted by atomic mass is 10.1. The second-order valence-electron chi connectivity index (χ2n) is 5.89. The van der Waals surface area contributed by atoms with E-state index in [0.29, 0.717) is 12.2 Å². The maximum atomic E-state index is 6.55. The molecule has 0 amide bonds. The van der Waals surface area contributed by atoms with Gasteiger partial charge in [0.15, 0.2) is 0 Å². The zero-order valence-electron chi connectivity index (χ0n) is 12.6. The van der Waals surface area contributed by atoms with Gasteiger partial charge in [0.25, 0.3) is 0 Å². The quantitative estimate of drug-likeness (QED) is 0.615. The molecule has 2 saturated heterocycles. The third-order valence-corrected chi connectivity index (χ3v) is 7.21. The molecule has 2 rings (SSSR count). The summed E-state index contributed by atoms with van der Waals surface area (Å²) in [5, 5.41) is 1.58. The van der Waals surface area contributed by atoms with Gasteiger partial charge in [-0.25, -0.2) is 0 Å². The van der Waals surface area contributed by atoms with Crippen LogP contribution in [0.5, 0.6) is 0 Å². The van der Waals surface area contributed by atoms with Gasteiger partial charge in [-0.05, 0) is 37.2 Å². The third-order valence-electron chi connectivity index (χ3n) is 4.33. The molecule has 1 nitrogen and oxygen atoms in total. The molecule has 2 heterocycles. The van der Waals surface area contributed by atoms with Crippen molar-refractivity contribution in [2.45, 2.75) is 87.9 Å². The summed E-state index contributed by atoms with van der Waals surface area (Å²) in [6.07, 6.45) is 11.8. The van der Waals surface area contributed by atoms with Crippen molar-refractivity contribution < 1.29 is 4.74 Å². The lowest BCUT2D eigenvalue weighted by Gasteiger charge is -2.26. The molecule has 0 aromatic carbocycles. The highest BCUT2D eigenvalue weighted by Crippen LogP contribution is 2.38. The summed E-state index contributed by atoms with van der Waals surface area (Å²) in [7, 11) is 0. The van der Waals surface area contributed by atoms with Crippen LogP contribution in [0.3, 0.4) is 0 Å². The Hall–Kier alpha value is 0.660. The van der Waals surface area contributed by atoms with Gasteiger partial charge in [-0.3, -0.25) is 0 Å². The van der Waals surface area contributed by atoms with Crippen molar-refractivity contribution in [3.05, 3.63) is 0 Å². The van der Waals surface area contributed by atoms with Crippen molar-refractivity contribution in [1.29, 1.82) is 0 Å². The first kappa shape index (κ1) is 16.0. The molecule has 0 aromatic rings. The number of thioether (sulfide) groups is 2. The Morgan fingerprint density at radius 2 is 1.32 bits per heavy atom. The third kappa shape index (κ3) is 4.86. The van der Waals surface area contributed by atoms with E-state index in [4.69, 9.17) is 4.74 Å². The maximum Gasteiger partial charge on any atom is 0.0705 e. The first-order valence-electron chi connectivity index (χ1n) is 8.23. The second kappa shape index (κ2) is 8.84. The smallest absolute Gasteiger partial charge is 0.0705 e. The minimum absolute atomic E-state index is 0.560. The average Bonchev–Trinajstić information content (AvgIpc) is 3.04. The van der Waals surface area contributed by atoms with Gasteiger partial charge >= 0.3 is 0 Å². The molecule has 112 valence electrons. The van der Waals surface area contributed by atoms with Crippen molar-refractivity contribution in [3.63, 3.8) is 0 Å². The van der Waals surface area contributed by atoms with Gasteiger partial charge < -0.3 is 4.74 Å². The van der Waals surface area contributed by atoms with Crippen molar-refractivity contribution in [3.8, 4) is 0 Å². The summed E-state index contributed by atoms with van der Waals surface area (Å²) in [6, 6.07) is 0. The molecule has 3 heteroatoms. The molecular weight excluding hydrogens is 272 g/mol. The summed E-state index contributed by atoms with van der Waals surface area (Å²) in [4.78, 5) is 0. The highest BCUT2D eigenvalue weighted by Gasteiger charge is 2.35. The van der Waals surface area contributed by atoms with Gasteiger partial charge in [-0.15, -0.1) is 0 Å². The Kier molecular flexibility index (Phi) is 7.46. The Labute approximate surface area is 128 Å². The van der Waals surface area contributed by atoms with Crippen LogP contribution < -0.4 is 0 Å². The molecule has 4 atom stereocenters. The summed E-state index contributed by atoms with van der Waals surface area (Å²) in [6.45, 7) is 4.59. The maximum absolute atomic E-state index is 6.55. The number of ether oxygens (including phenoxy) is 1. The summed E-state index contributed by atoms with van der Waals surface area (Å²) in [5.74, 6) is 2.64. The van der Waals surface area contributed by atoms with E-state index in [1.54, 1.807) is 0 Å². The number of hydrogen-bond acceptors (Lipinski definition) is 3. The molecule has 0 saturated carbocycles. The lowest BCUT2D eigenvalue weighted by molar-refractivity contribution is -0.0111. The van der Waals surface area contributed by atoms with Crippen molar-refractivity contribution in [2.24, 2.45) is 0 Å².